The van der Waals surface area contributed by atoms with E-state index in [1.54, 1.807) is 0 Å². The lowest BCUT2D eigenvalue weighted by molar-refractivity contribution is -0.142. The van der Waals surface area contributed by atoms with Crippen LogP contribution in [-0.2, 0) is 14.3 Å². The molecule has 7 heteroatoms. The number of carboxylic acid groups (broad SMARTS) is 1. The van der Waals surface area contributed by atoms with Gasteiger partial charge in [0.2, 0.25) is 5.91 Å². The molecule has 0 spiro atoms. The fourth-order valence-electron chi connectivity index (χ4n) is 3.53. The van der Waals surface area contributed by atoms with E-state index in [0.29, 0.717) is 0 Å². The summed E-state index contributed by atoms with van der Waals surface area (Å²) in [5.41, 5.74) is 4.42. The van der Waals surface area contributed by atoms with Gasteiger partial charge in [-0.1, -0.05) is 48.5 Å². The monoisotopic (exact) mass is 382 g/mol. The number of rotatable bonds is 6. The summed E-state index contributed by atoms with van der Waals surface area (Å²) < 4.78 is 5.39. The summed E-state index contributed by atoms with van der Waals surface area (Å²) in [5, 5.41) is 14.0. The van der Waals surface area contributed by atoms with Crippen LogP contribution in [0.3, 0.4) is 0 Å². The predicted molar refractivity (Wildman–Crippen MR) is 103 cm³/mol. The molecule has 2 amide bonds. The highest BCUT2D eigenvalue weighted by Crippen LogP contribution is 2.44. The Morgan fingerprint density at radius 2 is 1.54 bits per heavy atom. The summed E-state index contributed by atoms with van der Waals surface area (Å²) in [6.45, 7) is 2.84. The molecule has 0 fully saturated rings. The van der Waals surface area contributed by atoms with Gasteiger partial charge in [-0.15, -0.1) is 0 Å². The first-order valence-corrected chi connectivity index (χ1v) is 9.00. The Balaban J connectivity index is 1.66. The third-order valence-electron chi connectivity index (χ3n) is 4.81. The van der Waals surface area contributed by atoms with Crippen molar-refractivity contribution in [1.82, 2.24) is 10.6 Å². The molecule has 3 rings (SSSR count). The minimum atomic E-state index is -1.24. The largest absolute Gasteiger partial charge is 0.480 e. The second-order valence-corrected chi connectivity index (χ2v) is 6.77. The molecule has 2 aromatic carbocycles. The van der Waals surface area contributed by atoms with Gasteiger partial charge in [0.05, 0.1) is 6.04 Å². The van der Waals surface area contributed by atoms with Crippen LogP contribution in [0.15, 0.2) is 48.5 Å². The average molecular weight is 382 g/mol. The quantitative estimate of drug-likeness (QED) is 0.712. The summed E-state index contributed by atoms with van der Waals surface area (Å²) in [7, 11) is 0. The second-order valence-electron chi connectivity index (χ2n) is 6.77. The van der Waals surface area contributed by atoms with Crippen LogP contribution < -0.4 is 10.6 Å². The Morgan fingerprint density at radius 1 is 1.00 bits per heavy atom. The topological polar surface area (TPSA) is 105 Å². The molecule has 146 valence electrons. The van der Waals surface area contributed by atoms with Gasteiger partial charge in [-0.25, -0.2) is 9.59 Å². The van der Waals surface area contributed by atoms with Gasteiger partial charge in [0.15, 0.2) is 0 Å². The van der Waals surface area contributed by atoms with E-state index in [-0.39, 0.29) is 12.5 Å². The minimum Gasteiger partial charge on any atom is -0.480 e. The molecule has 2 aromatic rings. The minimum absolute atomic E-state index is 0.0842. The third-order valence-corrected chi connectivity index (χ3v) is 4.81. The molecule has 0 bridgehead atoms. The van der Waals surface area contributed by atoms with E-state index in [9.17, 15) is 19.5 Å². The van der Waals surface area contributed by atoms with Crippen molar-refractivity contribution in [2.24, 2.45) is 0 Å². The maximum Gasteiger partial charge on any atom is 0.407 e. The number of fused-ring (bicyclic) bond motifs is 3. The van der Waals surface area contributed by atoms with Gasteiger partial charge in [-0.2, -0.15) is 0 Å². The zero-order chi connectivity index (χ0) is 20.3. The molecular formula is C21H22N2O5. The molecule has 2 atom stereocenters. The van der Waals surface area contributed by atoms with Crippen LogP contribution in [0, 0.1) is 0 Å². The van der Waals surface area contributed by atoms with Gasteiger partial charge in [-0.05, 0) is 29.2 Å². The lowest BCUT2D eigenvalue weighted by Gasteiger charge is -2.22. The van der Waals surface area contributed by atoms with Gasteiger partial charge in [0, 0.05) is 12.8 Å². The van der Waals surface area contributed by atoms with Crippen LogP contribution in [0.25, 0.3) is 11.1 Å². The molecular weight excluding hydrogens is 360 g/mol. The summed E-state index contributed by atoms with van der Waals surface area (Å²) in [4.78, 5) is 34.7. The molecule has 0 unspecified atom stereocenters. The normalized spacial score (nSPS) is 14.4. The zero-order valence-corrected chi connectivity index (χ0v) is 15.6. The first kappa shape index (κ1) is 19.4. The molecule has 1 aliphatic carbocycles. The van der Waals surface area contributed by atoms with Crippen LogP contribution in [0.5, 0.6) is 0 Å². The van der Waals surface area contributed by atoms with Crippen molar-refractivity contribution in [2.75, 3.05) is 6.61 Å². The highest BCUT2D eigenvalue weighted by atomic mass is 16.5. The van der Waals surface area contributed by atoms with Crippen LogP contribution >= 0.6 is 0 Å². The maximum atomic E-state index is 12.2. The molecule has 7 nitrogen and oxygen atoms in total. The summed E-state index contributed by atoms with van der Waals surface area (Å²) in [6.07, 6.45) is -0.731. The Kier molecular flexibility index (Phi) is 5.63. The number of nitrogens with one attached hydrogen (secondary N) is 2. The van der Waals surface area contributed by atoms with Crippen LogP contribution in [-0.4, -0.2) is 41.8 Å². The Labute approximate surface area is 162 Å². The van der Waals surface area contributed by atoms with Crippen molar-refractivity contribution in [1.29, 1.82) is 0 Å². The SMILES string of the molecule is CC(=O)N[C@H](C(=O)O)[C@@H](C)NC(=O)OCC1c2ccccc2-c2ccccc21. The van der Waals surface area contributed by atoms with E-state index in [1.165, 1.54) is 13.8 Å². The molecule has 28 heavy (non-hydrogen) atoms. The lowest BCUT2D eigenvalue weighted by atomic mass is 9.98. The third kappa shape index (κ3) is 3.98. The smallest absolute Gasteiger partial charge is 0.407 e. The number of ether oxygens (including phenoxy) is 1. The van der Waals surface area contributed by atoms with Gasteiger partial charge in [0.25, 0.3) is 0 Å². The van der Waals surface area contributed by atoms with Crippen molar-refractivity contribution in [3.8, 4) is 11.1 Å². The summed E-state index contributed by atoms with van der Waals surface area (Å²) in [6, 6.07) is 13.9. The zero-order valence-electron chi connectivity index (χ0n) is 15.6. The highest BCUT2D eigenvalue weighted by molar-refractivity contribution is 5.83. The van der Waals surface area contributed by atoms with E-state index < -0.39 is 30.1 Å². The number of hydrogen-bond acceptors (Lipinski definition) is 4. The standard InChI is InChI=1S/C21H22N2O5/c1-12(19(20(25)26)23-13(2)24)22-21(27)28-11-18-16-9-5-3-7-14(16)15-8-4-6-10-17(15)18/h3-10,12,18-19H,11H2,1-2H3,(H,22,27)(H,23,24)(H,25,26)/t12-,19+/m1/s1. The number of carbonyl (C=O) groups is 3. The number of hydrogen-bond donors (Lipinski definition) is 3. The lowest BCUT2D eigenvalue weighted by Crippen LogP contribution is -2.54. The average Bonchev–Trinajstić information content (AvgIpc) is 2.98. The maximum absolute atomic E-state index is 12.2. The fourth-order valence-corrected chi connectivity index (χ4v) is 3.53. The van der Waals surface area contributed by atoms with Crippen LogP contribution in [0.4, 0.5) is 4.79 Å². The highest BCUT2D eigenvalue weighted by Gasteiger charge is 2.30. The first-order chi connectivity index (χ1) is 13.4. The Bertz CT molecular complexity index is 866. The molecule has 0 radical (unpaired) electrons. The molecule has 1 aliphatic rings. The van der Waals surface area contributed by atoms with Crippen molar-refractivity contribution in [2.45, 2.75) is 31.8 Å². The number of benzene rings is 2. The molecule has 3 N–H and O–H groups in total. The van der Waals surface area contributed by atoms with Crippen molar-refractivity contribution < 1.29 is 24.2 Å². The summed E-state index contributed by atoms with van der Waals surface area (Å²) in [5.74, 6) is -1.81. The number of amides is 2. The van der Waals surface area contributed by atoms with Crippen molar-refractivity contribution in [3.05, 3.63) is 59.7 Å². The molecule has 0 saturated heterocycles. The number of carboxylic acids is 1. The van der Waals surface area contributed by atoms with Crippen LogP contribution in [0.1, 0.15) is 30.9 Å². The van der Waals surface area contributed by atoms with E-state index in [2.05, 4.69) is 10.6 Å². The Morgan fingerprint density at radius 3 is 2.04 bits per heavy atom. The number of carbonyl (C=O) groups excluding carboxylic acids is 2. The van der Waals surface area contributed by atoms with Crippen LogP contribution in [0.2, 0.25) is 0 Å². The molecule has 0 heterocycles. The number of aliphatic carboxylic acids is 1. The predicted octanol–water partition coefficient (Wildman–Crippen LogP) is 2.50. The molecule has 0 saturated carbocycles. The van der Waals surface area contributed by atoms with Gasteiger partial charge in [-0.3, -0.25) is 4.79 Å². The molecule has 0 aliphatic heterocycles. The Hall–Kier alpha value is -3.35. The van der Waals surface area contributed by atoms with E-state index in [1.807, 2.05) is 48.5 Å². The van der Waals surface area contributed by atoms with Gasteiger partial charge >= 0.3 is 12.1 Å². The fraction of sp³-hybridized carbons (Fsp3) is 0.286. The van der Waals surface area contributed by atoms with E-state index >= 15 is 0 Å². The van der Waals surface area contributed by atoms with Gasteiger partial charge < -0.3 is 20.5 Å². The number of alkyl carbamates (subject to hydrolysis) is 1. The summed E-state index contributed by atoms with van der Waals surface area (Å²) >= 11 is 0. The first-order valence-electron chi connectivity index (χ1n) is 9.00. The van der Waals surface area contributed by atoms with Gasteiger partial charge in [0.1, 0.15) is 12.6 Å². The van der Waals surface area contributed by atoms with E-state index in [4.69, 9.17) is 4.74 Å². The van der Waals surface area contributed by atoms with Crippen molar-refractivity contribution >= 4 is 18.0 Å². The molecule has 0 aromatic heterocycles. The second kappa shape index (κ2) is 8.12. The van der Waals surface area contributed by atoms with E-state index in [0.717, 1.165) is 22.3 Å². The van der Waals surface area contributed by atoms with Crippen molar-refractivity contribution in [3.63, 3.8) is 0 Å².